The molecule has 1 aromatic carbocycles. The molecule has 1 heterocycles. The van der Waals surface area contributed by atoms with E-state index in [0.717, 1.165) is 35.5 Å². The molecule has 1 atom stereocenters. The number of methoxy groups -OCH3 is 2. The summed E-state index contributed by atoms with van der Waals surface area (Å²) in [5, 5.41) is 7.64. The van der Waals surface area contributed by atoms with Crippen LogP contribution in [0.25, 0.3) is 0 Å². The number of anilines is 2. The molecular formula is C23H30N2O3S2. The molecule has 0 amide bonds. The van der Waals surface area contributed by atoms with Crippen molar-refractivity contribution in [2.75, 3.05) is 24.9 Å². The van der Waals surface area contributed by atoms with Crippen molar-refractivity contribution in [2.45, 2.75) is 52.4 Å². The van der Waals surface area contributed by atoms with E-state index in [1.807, 2.05) is 6.07 Å². The summed E-state index contributed by atoms with van der Waals surface area (Å²) in [6.45, 7) is 8.73. The second kappa shape index (κ2) is 8.94. The Bertz CT molecular complexity index is 960. The molecule has 5 nitrogen and oxygen atoms in total. The van der Waals surface area contributed by atoms with E-state index in [0.29, 0.717) is 22.3 Å². The quantitative estimate of drug-likeness (QED) is 0.459. The number of hydrogen-bond donors (Lipinski definition) is 2. The number of benzene rings is 1. The van der Waals surface area contributed by atoms with Crippen LogP contribution >= 0.6 is 23.6 Å². The SMILES string of the molecule is COC(=O)c1c(NC(=S)Nc2cc(C(C)(C)C)ccc2OC)sc2c1CCC(C)C2. The number of nitrogens with one attached hydrogen (secondary N) is 2. The van der Waals surface area contributed by atoms with Crippen molar-refractivity contribution in [3.63, 3.8) is 0 Å². The van der Waals surface area contributed by atoms with Crippen molar-refractivity contribution < 1.29 is 14.3 Å². The lowest BCUT2D eigenvalue weighted by Crippen LogP contribution is -2.21. The minimum atomic E-state index is -0.320. The largest absolute Gasteiger partial charge is 0.495 e. The predicted molar refractivity (Wildman–Crippen MR) is 128 cm³/mol. The molecule has 0 radical (unpaired) electrons. The molecule has 3 rings (SSSR count). The van der Waals surface area contributed by atoms with E-state index in [-0.39, 0.29) is 11.4 Å². The van der Waals surface area contributed by atoms with Crippen LogP contribution in [0.2, 0.25) is 0 Å². The van der Waals surface area contributed by atoms with Gasteiger partial charge in [-0.1, -0.05) is 33.8 Å². The summed E-state index contributed by atoms with van der Waals surface area (Å²) in [7, 11) is 3.05. The van der Waals surface area contributed by atoms with Gasteiger partial charge in [0.25, 0.3) is 0 Å². The van der Waals surface area contributed by atoms with E-state index in [1.165, 1.54) is 17.6 Å². The number of fused-ring (bicyclic) bond motifs is 1. The topological polar surface area (TPSA) is 59.6 Å². The normalized spacial score (nSPS) is 15.9. The average Bonchev–Trinajstić information content (AvgIpc) is 3.03. The maximum atomic E-state index is 12.5. The summed E-state index contributed by atoms with van der Waals surface area (Å²) in [6, 6.07) is 6.05. The van der Waals surface area contributed by atoms with E-state index >= 15 is 0 Å². The third kappa shape index (κ3) is 4.78. The van der Waals surface area contributed by atoms with Crippen molar-refractivity contribution in [3.05, 3.63) is 39.8 Å². The molecule has 30 heavy (non-hydrogen) atoms. The van der Waals surface area contributed by atoms with Crippen molar-refractivity contribution in [3.8, 4) is 5.75 Å². The second-order valence-corrected chi connectivity index (χ2v) is 10.3. The molecule has 1 unspecified atom stereocenters. The first-order chi connectivity index (χ1) is 14.1. The van der Waals surface area contributed by atoms with E-state index < -0.39 is 0 Å². The highest BCUT2D eigenvalue weighted by atomic mass is 32.1. The Labute approximate surface area is 188 Å². The Hall–Kier alpha value is -2.12. The summed E-state index contributed by atoms with van der Waals surface area (Å²) in [5.74, 6) is 1.00. The molecule has 0 saturated heterocycles. The number of rotatable bonds is 4. The van der Waals surface area contributed by atoms with Crippen molar-refractivity contribution in [2.24, 2.45) is 5.92 Å². The van der Waals surface area contributed by atoms with Crippen LogP contribution in [0.15, 0.2) is 18.2 Å². The van der Waals surface area contributed by atoms with Gasteiger partial charge >= 0.3 is 5.97 Å². The van der Waals surface area contributed by atoms with Gasteiger partial charge in [0.2, 0.25) is 0 Å². The molecule has 1 aliphatic carbocycles. The molecule has 0 saturated carbocycles. The van der Waals surface area contributed by atoms with Crippen LogP contribution in [0.4, 0.5) is 10.7 Å². The number of carbonyl (C=O) groups is 1. The van der Waals surface area contributed by atoms with Crippen LogP contribution in [0.3, 0.4) is 0 Å². The van der Waals surface area contributed by atoms with Gasteiger partial charge in [-0.25, -0.2) is 4.79 Å². The molecule has 7 heteroatoms. The minimum Gasteiger partial charge on any atom is -0.495 e. The van der Waals surface area contributed by atoms with Crippen LogP contribution in [0.5, 0.6) is 5.75 Å². The fourth-order valence-corrected chi connectivity index (χ4v) is 5.37. The van der Waals surface area contributed by atoms with Gasteiger partial charge in [0, 0.05) is 4.88 Å². The van der Waals surface area contributed by atoms with Crippen LogP contribution in [-0.4, -0.2) is 25.3 Å². The van der Waals surface area contributed by atoms with Gasteiger partial charge in [0.05, 0.1) is 25.5 Å². The first kappa shape index (κ1) is 22.6. The summed E-state index contributed by atoms with van der Waals surface area (Å²) in [4.78, 5) is 13.7. The summed E-state index contributed by atoms with van der Waals surface area (Å²) in [6.07, 6.45) is 2.95. The molecule has 2 aromatic rings. The summed E-state index contributed by atoms with van der Waals surface area (Å²) in [5.41, 5.74) is 3.67. The number of thiophene rings is 1. The zero-order chi connectivity index (χ0) is 22.1. The third-order valence-electron chi connectivity index (χ3n) is 5.44. The maximum absolute atomic E-state index is 12.5. The van der Waals surface area contributed by atoms with Crippen LogP contribution in [0, 0.1) is 5.92 Å². The number of carbonyl (C=O) groups excluding carboxylic acids is 1. The highest BCUT2D eigenvalue weighted by Crippen LogP contribution is 2.40. The van der Waals surface area contributed by atoms with E-state index in [1.54, 1.807) is 18.4 Å². The van der Waals surface area contributed by atoms with Crippen LogP contribution in [-0.2, 0) is 23.0 Å². The molecule has 1 aromatic heterocycles. The standard InChI is InChI=1S/C23H30N2O3S2/c1-13-7-9-15-18(11-13)30-20(19(15)21(26)28-6)25-22(29)24-16-12-14(23(2,3)4)8-10-17(16)27-5/h8,10,12-13H,7,9,11H2,1-6H3,(H2,24,25,29). The maximum Gasteiger partial charge on any atom is 0.341 e. The molecule has 0 bridgehead atoms. The molecule has 2 N–H and O–H groups in total. The first-order valence-electron chi connectivity index (χ1n) is 10.1. The van der Waals surface area contributed by atoms with Gasteiger partial charge in [-0.3, -0.25) is 0 Å². The summed E-state index contributed by atoms with van der Waals surface area (Å²) < 4.78 is 10.6. The lowest BCUT2D eigenvalue weighted by Gasteiger charge is -2.22. The van der Waals surface area contributed by atoms with Gasteiger partial charge < -0.3 is 20.1 Å². The zero-order valence-electron chi connectivity index (χ0n) is 18.5. The third-order valence-corrected chi connectivity index (χ3v) is 6.82. The lowest BCUT2D eigenvalue weighted by atomic mass is 9.87. The molecule has 0 fully saturated rings. The fourth-order valence-electron chi connectivity index (χ4n) is 3.69. The number of ether oxygens (including phenoxy) is 2. The average molecular weight is 447 g/mol. The second-order valence-electron chi connectivity index (χ2n) is 8.79. The van der Waals surface area contributed by atoms with Gasteiger partial charge in [-0.2, -0.15) is 0 Å². The monoisotopic (exact) mass is 446 g/mol. The van der Waals surface area contributed by atoms with Crippen LogP contribution < -0.4 is 15.4 Å². The van der Waals surface area contributed by atoms with Crippen molar-refractivity contribution >= 4 is 45.3 Å². The Morgan fingerprint density at radius 1 is 1.23 bits per heavy atom. The van der Waals surface area contributed by atoms with Crippen LogP contribution in [0.1, 0.15) is 60.5 Å². The van der Waals surface area contributed by atoms with E-state index in [2.05, 4.69) is 50.5 Å². The molecule has 0 aliphatic heterocycles. The Balaban J connectivity index is 1.88. The lowest BCUT2D eigenvalue weighted by molar-refractivity contribution is 0.0601. The number of thiocarbonyl (C=S) groups is 1. The van der Waals surface area contributed by atoms with Gasteiger partial charge in [-0.05, 0) is 66.1 Å². The molecule has 1 aliphatic rings. The van der Waals surface area contributed by atoms with Gasteiger partial charge in [-0.15, -0.1) is 11.3 Å². The van der Waals surface area contributed by atoms with Crippen molar-refractivity contribution in [1.82, 2.24) is 0 Å². The molecule has 0 spiro atoms. The minimum absolute atomic E-state index is 0.000692. The van der Waals surface area contributed by atoms with Crippen molar-refractivity contribution in [1.29, 1.82) is 0 Å². The zero-order valence-corrected chi connectivity index (χ0v) is 20.1. The Kier molecular flexibility index (Phi) is 6.72. The number of hydrogen-bond acceptors (Lipinski definition) is 5. The highest BCUT2D eigenvalue weighted by molar-refractivity contribution is 7.80. The molecule has 162 valence electrons. The summed E-state index contributed by atoms with van der Waals surface area (Å²) >= 11 is 7.18. The number of esters is 1. The van der Waals surface area contributed by atoms with Gasteiger partial charge in [0.1, 0.15) is 10.8 Å². The highest BCUT2D eigenvalue weighted by Gasteiger charge is 2.28. The van der Waals surface area contributed by atoms with E-state index in [9.17, 15) is 4.79 Å². The van der Waals surface area contributed by atoms with Gasteiger partial charge in [0.15, 0.2) is 5.11 Å². The fraction of sp³-hybridized carbons (Fsp3) is 0.478. The Morgan fingerprint density at radius 2 is 1.97 bits per heavy atom. The predicted octanol–water partition coefficient (Wildman–Crippen LogP) is 5.77. The molecular weight excluding hydrogens is 416 g/mol. The smallest absolute Gasteiger partial charge is 0.341 e. The Morgan fingerprint density at radius 3 is 2.60 bits per heavy atom. The first-order valence-corrected chi connectivity index (χ1v) is 11.4. The van der Waals surface area contributed by atoms with E-state index in [4.69, 9.17) is 21.7 Å².